The standard InChI is InChI=1S/C19H18N4O/c20-11-16-10-14(7-8-21-16)19(24)23-13-17-5-3-9-22(17)12-15-4-1-2-6-18(15)23/h1-2,4,6-8,10,17H,3,5,9,12-13H2. The van der Waals surface area contributed by atoms with Crippen molar-refractivity contribution in [3.8, 4) is 6.07 Å². The molecule has 24 heavy (non-hydrogen) atoms. The molecule has 0 spiro atoms. The summed E-state index contributed by atoms with van der Waals surface area (Å²) in [5, 5.41) is 9.04. The van der Waals surface area contributed by atoms with E-state index in [0.717, 1.165) is 25.2 Å². The number of benzene rings is 1. The molecular formula is C19H18N4O. The Morgan fingerprint density at radius 2 is 2.17 bits per heavy atom. The second kappa shape index (κ2) is 6.06. The number of nitrogens with zero attached hydrogens (tertiary/aromatic N) is 4. The van der Waals surface area contributed by atoms with Gasteiger partial charge in [0.05, 0.1) is 0 Å². The van der Waals surface area contributed by atoms with Gasteiger partial charge in [0.2, 0.25) is 0 Å². The van der Waals surface area contributed by atoms with E-state index >= 15 is 0 Å². The molecule has 0 N–H and O–H groups in total. The van der Waals surface area contributed by atoms with Crippen molar-refractivity contribution in [2.45, 2.75) is 25.4 Å². The van der Waals surface area contributed by atoms with Gasteiger partial charge in [0, 0.05) is 36.6 Å². The third-order valence-electron chi connectivity index (χ3n) is 4.91. The predicted octanol–water partition coefficient (Wildman–Crippen LogP) is 2.58. The van der Waals surface area contributed by atoms with E-state index in [-0.39, 0.29) is 11.6 Å². The Kier molecular flexibility index (Phi) is 3.75. The molecule has 2 aromatic rings. The van der Waals surface area contributed by atoms with Crippen LogP contribution in [-0.4, -0.2) is 34.9 Å². The van der Waals surface area contributed by atoms with Crippen molar-refractivity contribution >= 4 is 11.6 Å². The molecule has 4 rings (SSSR count). The van der Waals surface area contributed by atoms with Crippen LogP contribution < -0.4 is 4.90 Å². The zero-order chi connectivity index (χ0) is 16.5. The molecule has 1 atom stereocenters. The number of fused-ring (bicyclic) bond motifs is 2. The number of nitriles is 1. The number of carbonyl (C=O) groups excluding carboxylic acids is 1. The Balaban J connectivity index is 1.75. The van der Waals surface area contributed by atoms with Gasteiger partial charge in [-0.15, -0.1) is 0 Å². The second-order valence-corrected chi connectivity index (χ2v) is 6.35. The molecule has 2 aliphatic heterocycles. The smallest absolute Gasteiger partial charge is 0.258 e. The van der Waals surface area contributed by atoms with Crippen molar-refractivity contribution in [2.24, 2.45) is 0 Å². The number of hydrogen-bond donors (Lipinski definition) is 0. The summed E-state index contributed by atoms with van der Waals surface area (Å²) < 4.78 is 0. The minimum absolute atomic E-state index is 0.0601. The van der Waals surface area contributed by atoms with Crippen LogP contribution in [0, 0.1) is 11.3 Å². The molecule has 1 unspecified atom stereocenters. The topological polar surface area (TPSA) is 60.2 Å². The second-order valence-electron chi connectivity index (χ2n) is 6.35. The predicted molar refractivity (Wildman–Crippen MR) is 90.5 cm³/mol. The molecule has 5 nitrogen and oxygen atoms in total. The van der Waals surface area contributed by atoms with Crippen LogP contribution in [0.5, 0.6) is 0 Å². The number of para-hydroxylation sites is 1. The molecule has 1 aromatic heterocycles. The highest BCUT2D eigenvalue weighted by molar-refractivity contribution is 6.06. The maximum absolute atomic E-state index is 13.1. The molecule has 1 fully saturated rings. The highest BCUT2D eigenvalue weighted by Crippen LogP contribution is 2.32. The van der Waals surface area contributed by atoms with E-state index in [1.54, 1.807) is 12.1 Å². The van der Waals surface area contributed by atoms with Gasteiger partial charge in [-0.1, -0.05) is 18.2 Å². The van der Waals surface area contributed by atoms with E-state index in [2.05, 4.69) is 16.0 Å². The third-order valence-corrected chi connectivity index (χ3v) is 4.91. The van der Waals surface area contributed by atoms with Gasteiger partial charge in [-0.05, 0) is 43.1 Å². The maximum atomic E-state index is 13.1. The monoisotopic (exact) mass is 318 g/mol. The number of hydrogen-bond acceptors (Lipinski definition) is 4. The highest BCUT2D eigenvalue weighted by Gasteiger charge is 2.33. The molecule has 3 heterocycles. The van der Waals surface area contributed by atoms with E-state index in [0.29, 0.717) is 18.2 Å². The quantitative estimate of drug-likeness (QED) is 0.811. The summed E-state index contributed by atoms with van der Waals surface area (Å²) in [7, 11) is 0. The SMILES string of the molecule is N#Cc1cc(C(=O)N2CC3CCCN3Cc3ccccc32)ccn1. The Labute approximate surface area is 141 Å². The van der Waals surface area contributed by atoms with E-state index in [1.165, 1.54) is 18.2 Å². The van der Waals surface area contributed by atoms with Gasteiger partial charge in [0.1, 0.15) is 11.8 Å². The fourth-order valence-electron chi connectivity index (χ4n) is 3.72. The molecule has 1 aromatic carbocycles. The Morgan fingerprint density at radius 3 is 3.04 bits per heavy atom. The lowest BCUT2D eigenvalue weighted by Crippen LogP contribution is -2.40. The van der Waals surface area contributed by atoms with Crippen LogP contribution in [0.3, 0.4) is 0 Å². The first-order valence-electron chi connectivity index (χ1n) is 8.26. The Morgan fingerprint density at radius 1 is 1.29 bits per heavy atom. The van der Waals surface area contributed by atoms with E-state index in [9.17, 15) is 4.79 Å². The van der Waals surface area contributed by atoms with Crippen molar-refractivity contribution in [3.63, 3.8) is 0 Å². The average molecular weight is 318 g/mol. The van der Waals surface area contributed by atoms with Crippen molar-refractivity contribution in [3.05, 3.63) is 59.4 Å². The lowest BCUT2D eigenvalue weighted by atomic mass is 10.1. The van der Waals surface area contributed by atoms with Crippen LogP contribution in [0.15, 0.2) is 42.6 Å². The van der Waals surface area contributed by atoms with E-state index in [4.69, 9.17) is 5.26 Å². The summed E-state index contributed by atoms with van der Waals surface area (Å²) in [6.07, 6.45) is 3.83. The van der Waals surface area contributed by atoms with Crippen LogP contribution in [0.4, 0.5) is 5.69 Å². The third kappa shape index (κ3) is 2.55. The molecule has 0 saturated carbocycles. The number of amides is 1. The minimum Gasteiger partial charge on any atom is -0.306 e. The van der Waals surface area contributed by atoms with Gasteiger partial charge < -0.3 is 4.90 Å². The molecule has 5 heteroatoms. The number of anilines is 1. The highest BCUT2D eigenvalue weighted by atomic mass is 16.2. The van der Waals surface area contributed by atoms with Crippen LogP contribution in [0.1, 0.15) is 34.5 Å². The summed E-state index contributed by atoms with van der Waals surface area (Å²) >= 11 is 0. The number of pyridine rings is 1. The zero-order valence-electron chi connectivity index (χ0n) is 13.4. The molecular weight excluding hydrogens is 300 g/mol. The van der Waals surface area contributed by atoms with Gasteiger partial charge in [-0.3, -0.25) is 9.69 Å². The Bertz CT molecular complexity index is 826. The zero-order valence-corrected chi connectivity index (χ0v) is 13.4. The molecule has 120 valence electrons. The maximum Gasteiger partial charge on any atom is 0.258 e. The van der Waals surface area contributed by atoms with Gasteiger partial charge in [-0.2, -0.15) is 5.26 Å². The van der Waals surface area contributed by atoms with Crippen molar-refractivity contribution in [1.29, 1.82) is 5.26 Å². The number of rotatable bonds is 1. The van der Waals surface area contributed by atoms with E-state index in [1.807, 2.05) is 29.2 Å². The molecule has 2 aliphatic rings. The van der Waals surface area contributed by atoms with Crippen LogP contribution in [-0.2, 0) is 6.54 Å². The summed E-state index contributed by atoms with van der Waals surface area (Å²) in [5.74, 6) is -0.0601. The lowest BCUT2D eigenvalue weighted by molar-refractivity contribution is 0.0981. The van der Waals surface area contributed by atoms with Gasteiger partial charge in [0.25, 0.3) is 5.91 Å². The molecule has 1 amide bonds. The molecule has 0 radical (unpaired) electrons. The summed E-state index contributed by atoms with van der Waals surface area (Å²) in [6.45, 7) is 2.68. The van der Waals surface area contributed by atoms with Crippen molar-refractivity contribution in [2.75, 3.05) is 18.0 Å². The largest absolute Gasteiger partial charge is 0.306 e. The Hall–Kier alpha value is -2.71. The van der Waals surface area contributed by atoms with Crippen LogP contribution in [0.25, 0.3) is 0 Å². The van der Waals surface area contributed by atoms with Crippen molar-refractivity contribution in [1.82, 2.24) is 9.88 Å². The fraction of sp³-hybridized carbons (Fsp3) is 0.316. The fourth-order valence-corrected chi connectivity index (χ4v) is 3.72. The van der Waals surface area contributed by atoms with Gasteiger partial charge in [0.15, 0.2) is 0 Å². The number of carbonyl (C=O) groups is 1. The van der Waals surface area contributed by atoms with Gasteiger partial charge >= 0.3 is 0 Å². The number of aromatic nitrogens is 1. The first-order valence-corrected chi connectivity index (χ1v) is 8.26. The summed E-state index contributed by atoms with van der Waals surface area (Å²) in [5.41, 5.74) is 2.95. The lowest BCUT2D eigenvalue weighted by Gasteiger charge is -2.26. The van der Waals surface area contributed by atoms with E-state index < -0.39 is 0 Å². The van der Waals surface area contributed by atoms with Gasteiger partial charge in [-0.25, -0.2) is 4.98 Å². The molecule has 0 aliphatic carbocycles. The summed E-state index contributed by atoms with van der Waals surface area (Å²) in [4.78, 5) is 21.5. The average Bonchev–Trinajstić information content (AvgIpc) is 3.00. The molecule has 0 bridgehead atoms. The summed E-state index contributed by atoms with van der Waals surface area (Å²) in [6, 6.07) is 13.8. The normalized spacial score (nSPS) is 20.0. The first kappa shape index (κ1) is 14.9. The van der Waals surface area contributed by atoms with Crippen LogP contribution in [0.2, 0.25) is 0 Å². The minimum atomic E-state index is -0.0601. The molecule has 1 saturated heterocycles. The van der Waals surface area contributed by atoms with Crippen LogP contribution >= 0.6 is 0 Å². The first-order chi connectivity index (χ1) is 11.8. The van der Waals surface area contributed by atoms with Crippen molar-refractivity contribution < 1.29 is 4.79 Å².